The van der Waals surface area contributed by atoms with Gasteiger partial charge in [-0.1, -0.05) is 0 Å². The zero-order valence-corrected chi connectivity index (χ0v) is 9.96. The fraction of sp³-hybridized carbons (Fsp3) is 0.545. The molecule has 1 aliphatic heterocycles. The molecule has 1 aromatic rings. The lowest BCUT2D eigenvalue weighted by atomic mass is 10.3. The second-order valence-electron chi connectivity index (χ2n) is 4.28. The molecule has 1 aliphatic rings. The molecule has 2 heterocycles. The predicted octanol–water partition coefficient (Wildman–Crippen LogP) is -0.744. The quantitative estimate of drug-likeness (QED) is 0.746. The Balaban J connectivity index is 2.07. The maximum atomic E-state index is 10.8. The molecule has 1 fully saturated rings. The summed E-state index contributed by atoms with van der Waals surface area (Å²) < 4.78 is 0. The number of primary amides is 1. The molecule has 0 radical (unpaired) electrons. The molecule has 2 rings (SSSR count). The van der Waals surface area contributed by atoms with E-state index >= 15 is 0 Å². The number of carbonyl (C=O) groups is 1. The number of rotatable bonds is 3. The van der Waals surface area contributed by atoms with Crippen LogP contribution in [0.1, 0.15) is 5.69 Å². The minimum absolute atomic E-state index is 0.170. The van der Waals surface area contributed by atoms with E-state index in [9.17, 15) is 4.79 Å². The first-order valence-corrected chi connectivity index (χ1v) is 5.69. The van der Waals surface area contributed by atoms with E-state index in [2.05, 4.69) is 26.8 Å². The summed E-state index contributed by atoms with van der Waals surface area (Å²) in [6.07, 6.45) is 1.85. The average Bonchev–Trinajstić information content (AvgIpc) is 2.29. The van der Waals surface area contributed by atoms with Crippen molar-refractivity contribution in [3.63, 3.8) is 0 Å². The van der Waals surface area contributed by atoms with Gasteiger partial charge in [0, 0.05) is 32.4 Å². The zero-order chi connectivity index (χ0) is 12.3. The molecule has 1 amide bonds. The van der Waals surface area contributed by atoms with Gasteiger partial charge in [-0.15, -0.1) is 0 Å². The van der Waals surface area contributed by atoms with Crippen molar-refractivity contribution in [2.24, 2.45) is 5.73 Å². The van der Waals surface area contributed by atoms with Crippen LogP contribution in [0.3, 0.4) is 0 Å². The van der Waals surface area contributed by atoms with Gasteiger partial charge in [0.25, 0.3) is 0 Å². The van der Waals surface area contributed by atoms with Gasteiger partial charge in [-0.25, -0.2) is 9.97 Å². The molecule has 2 N–H and O–H groups in total. The largest absolute Gasteiger partial charge is 0.369 e. The Kier molecular flexibility index (Phi) is 3.53. The Morgan fingerprint density at radius 3 is 2.76 bits per heavy atom. The summed E-state index contributed by atoms with van der Waals surface area (Å²) in [4.78, 5) is 23.8. The summed E-state index contributed by atoms with van der Waals surface area (Å²) >= 11 is 0. The molecular weight excluding hydrogens is 218 g/mol. The molecule has 0 atom stereocenters. The van der Waals surface area contributed by atoms with Gasteiger partial charge in [0.05, 0.1) is 12.1 Å². The van der Waals surface area contributed by atoms with Crippen LogP contribution in [0.25, 0.3) is 0 Å². The molecule has 0 saturated carbocycles. The highest BCUT2D eigenvalue weighted by Crippen LogP contribution is 2.10. The Hall–Kier alpha value is -1.69. The van der Waals surface area contributed by atoms with Crippen molar-refractivity contribution in [1.29, 1.82) is 0 Å². The summed E-state index contributed by atoms with van der Waals surface area (Å²) in [6.45, 7) is 3.83. The van der Waals surface area contributed by atoms with Crippen molar-refractivity contribution >= 4 is 11.9 Å². The third kappa shape index (κ3) is 3.13. The topological polar surface area (TPSA) is 75.3 Å². The zero-order valence-electron chi connectivity index (χ0n) is 9.96. The van der Waals surface area contributed by atoms with E-state index in [-0.39, 0.29) is 12.3 Å². The monoisotopic (exact) mass is 235 g/mol. The van der Waals surface area contributed by atoms with Gasteiger partial charge in [-0.3, -0.25) is 4.79 Å². The number of anilines is 1. The van der Waals surface area contributed by atoms with Crippen LogP contribution in [-0.4, -0.2) is 54.0 Å². The summed E-state index contributed by atoms with van der Waals surface area (Å²) in [6, 6.07) is 1.73. The Morgan fingerprint density at radius 1 is 1.41 bits per heavy atom. The molecule has 0 spiro atoms. The molecule has 92 valence electrons. The van der Waals surface area contributed by atoms with Crippen LogP contribution in [0, 0.1) is 0 Å². The SMILES string of the molecule is CN1CCN(c2nccc(CC(N)=O)n2)CC1. The molecule has 1 aromatic heterocycles. The van der Waals surface area contributed by atoms with Crippen LogP contribution in [0.15, 0.2) is 12.3 Å². The van der Waals surface area contributed by atoms with Crippen LogP contribution in [0.5, 0.6) is 0 Å². The van der Waals surface area contributed by atoms with E-state index in [1.807, 2.05) is 0 Å². The van der Waals surface area contributed by atoms with Gasteiger partial charge >= 0.3 is 0 Å². The first-order chi connectivity index (χ1) is 8.15. The average molecular weight is 235 g/mol. The molecule has 6 heteroatoms. The highest BCUT2D eigenvalue weighted by molar-refractivity contribution is 5.76. The fourth-order valence-corrected chi connectivity index (χ4v) is 1.82. The highest BCUT2D eigenvalue weighted by atomic mass is 16.1. The van der Waals surface area contributed by atoms with Crippen LogP contribution in [-0.2, 0) is 11.2 Å². The van der Waals surface area contributed by atoms with Gasteiger partial charge in [0.15, 0.2) is 0 Å². The van der Waals surface area contributed by atoms with Crippen molar-refractivity contribution in [1.82, 2.24) is 14.9 Å². The fourth-order valence-electron chi connectivity index (χ4n) is 1.82. The Bertz CT molecular complexity index is 401. The molecule has 0 unspecified atom stereocenters. The van der Waals surface area contributed by atoms with Crippen molar-refractivity contribution in [2.75, 3.05) is 38.1 Å². The summed E-state index contributed by atoms with van der Waals surface area (Å²) in [5.74, 6) is 0.324. The van der Waals surface area contributed by atoms with E-state index < -0.39 is 0 Å². The van der Waals surface area contributed by atoms with Gasteiger partial charge in [-0.05, 0) is 13.1 Å². The third-order valence-electron chi connectivity index (χ3n) is 2.84. The van der Waals surface area contributed by atoms with E-state index in [0.717, 1.165) is 26.2 Å². The van der Waals surface area contributed by atoms with Crippen LogP contribution >= 0.6 is 0 Å². The molecule has 0 aromatic carbocycles. The molecule has 17 heavy (non-hydrogen) atoms. The van der Waals surface area contributed by atoms with Crippen molar-refractivity contribution < 1.29 is 4.79 Å². The van der Waals surface area contributed by atoms with Crippen LogP contribution < -0.4 is 10.6 Å². The first-order valence-electron chi connectivity index (χ1n) is 5.69. The summed E-state index contributed by atoms with van der Waals surface area (Å²) in [7, 11) is 2.10. The number of likely N-dealkylation sites (N-methyl/N-ethyl adjacent to an activating group) is 1. The van der Waals surface area contributed by atoms with Gasteiger partial charge in [-0.2, -0.15) is 0 Å². The van der Waals surface area contributed by atoms with E-state index in [4.69, 9.17) is 5.73 Å². The van der Waals surface area contributed by atoms with Crippen molar-refractivity contribution in [2.45, 2.75) is 6.42 Å². The standard InChI is InChI=1S/C11H17N5O/c1-15-4-6-16(7-5-15)11-13-3-2-9(14-11)8-10(12)17/h2-3H,4-8H2,1H3,(H2,12,17). The lowest BCUT2D eigenvalue weighted by molar-refractivity contribution is -0.117. The Labute approximate surface area is 100 Å². The summed E-state index contributed by atoms with van der Waals surface area (Å²) in [5, 5.41) is 0. The van der Waals surface area contributed by atoms with Crippen LogP contribution in [0.2, 0.25) is 0 Å². The van der Waals surface area contributed by atoms with Crippen molar-refractivity contribution in [3.05, 3.63) is 18.0 Å². The third-order valence-corrected chi connectivity index (χ3v) is 2.84. The number of carbonyl (C=O) groups excluding carboxylic acids is 1. The minimum atomic E-state index is -0.368. The maximum Gasteiger partial charge on any atom is 0.225 e. The summed E-state index contributed by atoms with van der Waals surface area (Å²) in [5.41, 5.74) is 5.83. The normalized spacial score (nSPS) is 17.1. The van der Waals surface area contributed by atoms with E-state index in [1.54, 1.807) is 12.3 Å². The van der Waals surface area contributed by atoms with Crippen LogP contribution in [0.4, 0.5) is 5.95 Å². The number of hydrogen-bond acceptors (Lipinski definition) is 5. The van der Waals surface area contributed by atoms with E-state index in [1.165, 1.54) is 0 Å². The molecular formula is C11H17N5O. The first kappa shape index (κ1) is 11.8. The number of aromatic nitrogens is 2. The maximum absolute atomic E-state index is 10.8. The number of nitrogens with two attached hydrogens (primary N) is 1. The molecule has 6 nitrogen and oxygen atoms in total. The lowest BCUT2D eigenvalue weighted by Gasteiger charge is -2.32. The van der Waals surface area contributed by atoms with Gasteiger partial charge < -0.3 is 15.5 Å². The highest BCUT2D eigenvalue weighted by Gasteiger charge is 2.16. The van der Waals surface area contributed by atoms with E-state index in [0.29, 0.717) is 11.6 Å². The number of nitrogens with zero attached hydrogens (tertiary/aromatic N) is 4. The number of amides is 1. The second kappa shape index (κ2) is 5.09. The number of hydrogen-bond donors (Lipinski definition) is 1. The van der Waals surface area contributed by atoms with Crippen molar-refractivity contribution in [3.8, 4) is 0 Å². The van der Waals surface area contributed by atoms with Gasteiger partial charge in [0.2, 0.25) is 11.9 Å². The smallest absolute Gasteiger partial charge is 0.225 e. The number of piperazine rings is 1. The minimum Gasteiger partial charge on any atom is -0.369 e. The molecule has 1 saturated heterocycles. The molecule has 0 bridgehead atoms. The lowest BCUT2D eigenvalue weighted by Crippen LogP contribution is -2.45. The molecule has 0 aliphatic carbocycles. The predicted molar refractivity (Wildman–Crippen MR) is 64.6 cm³/mol. The van der Waals surface area contributed by atoms with Gasteiger partial charge in [0.1, 0.15) is 0 Å². The second-order valence-corrected chi connectivity index (χ2v) is 4.28. The Morgan fingerprint density at radius 2 is 2.12 bits per heavy atom.